The van der Waals surface area contributed by atoms with Crippen molar-refractivity contribution in [2.75, 3.05) is 25.4 Å². The summed E-state index contributed by atoms with van der Waals surface area (Å²) in [5, 5.41) is 7.86. The predicted octanol–water partition coefficient (Wildman–Crippen LogP) is 2.67. The Labute approximate surface area is 202 Å². The molecule has 1 saturated heterocycles. The zero-order chi connectivity index (χ0) is 24.4. The Morgan fingerprint density at radius 1 is 1.17 bits per heavy atom. The molecule has 10 nitrogen and oxygen atoms in total. The van der Waals surface area contributed by atoms with Crippen LogP contribution in [0.3, 0.4) is 0 Å². The number of nitrogen functional groups attached to an aromatic ring is 1. The van der Waals surface area contributed by atoms with Gasteiger partial charge in [-0.3, -0.25) is 9.25 Å². The number of anilines is 1. The van der Waals surface area contributed by atoms with Crippen LogP contribution in [0.1, 0.15) is 37.4 Å². The van der Waals surface area contributed by atoms with Crippen molar-refractivity contribution in [3.05, 3.63) is 64.4 Å². The molecule has 4 bridgehead atoms. The van der Waals surface area contributed by atoms with Gasteiger partial charge in [0.1, 0.15) is 5.52 Å². The fourth-order valence-electron chi connectivity index (χ4n) is 4.30. The van der Waals surface area contributed by atoms with Gasteiger partial charge in [0.2, 0.25) is 0 Å². The molecule has 35 heavy (non-hydrogen) atoms. The number of fused-ring (bicyclic) bond motifs is 3. The molecule has 2 aliphatic heterocycles. The van der Waals surface area contributed by atoms with E-state index < -0.39 is 0 Å². The molecule has 0 aliphatic carbocycles. The van der Waals surface area contributed by atoms with Gasteiger partial charge < -0.3 is 20.8 Å². The number of rotatable bonds is 2. The molecule has 4 N–H and O–H groups in total. The third-order valence-electron chi connectivity index (χ3n) is 6.21. The molecule has 0 spiro atoms. The van der Waals surface area contributed by atoms with Gasteiger partial charge in [0.05, 0.1) is 25.4 Å². The first-order valence-corrected chi connectivity index (χ1v) is 12.1. The van der Waals surface area contributed by atoms with Crippen molar-refractivity contribution in [1.29, 1.82) is 0 Å². The van der Waals surface area contributed by atoms with Crippen molar-refractivity contribution in [3.8, 4) is 17.1 Å². The average molecular weight is 475 g/mol. The number of nitrogens with one attached hydrogen (secondary N) is 2. The van der Waals surface area contributed by atoms with E-state index in [4.69, 9.17) is 10.5 Å². The lowest BCUT2D eigenvalue weighted by atomic mass is 9.97. The van der Waals surface area contributed by atoms with E-state index in [-0.39, 0.29) is 17.5 Å². The van der Waals surface area contributed by atoms with Gasteiger partial charge in [-0.15, -0.1) is 0 Å². The van der Waals surface area contributed by atoms with Gasteiger partial charge in [-0.05, 0) is 29.5 Å². The van der Waals surface area contributed by atoms with Gasteiger partial charge >= 0.3 is 11.7 Å². The van der Waals surface area contributed by atoms with E-state index in [0.29, 0.717) is 36.8 Å². The molecule has 1 aromatic carbocycles. The topological polar surface area (TPSA) is 129 Å². The van der Waals surface area contributed by atoms with Crippen LogP contribution in [-0.2, 0) is 13.0 Å². The molecule has 182 valence electrons. The zero-order valence-electron chi connectivity index (χ0n) is 20.0. The number of nitrogens with zero attached hydrogens (tertiary/aromatic N) is 5. The highest BCUT2D eigenvalue weighted by molar-refractivity contribution is 5.82. The van der Waals surface area contributed by atoms with E-state index >= 15 is 0 Å². The Hall–Kier alpha value is -3.92. The molecule has 10 heteroatoms. The van der Waals surface area contributed by atoms with Crippen molar-refractivity contribution in [3.63, 3.8) is 0 Å². The Kier molecular flexibility index (Phi) is 6.37. The maximum atomic E-state index is 12.7. The van der Waals surface area contributed by atoms with Gasteiger partial charge in [0.15, 0.2) is 11.5 Å². The summed E-state index contributed by atoms with van der Waals surface area (Å²) in [6.07, 6.45) is 9.77. The summed E-state index contributed by atoms with van der Waals surface area (Å²) >= 11 is 0. The lowest BCUT2D eigenvalue weighted by molar-refractivity contribution is 0.300. The van der Waals surface area contributed by atoms with Gasteiger partial charge in [-0.2, -0.15) is 15.1 Å². The third-order valence-corrected chi connectivity index (χ3v) is 6.21. The minimum Gasteiger partial charge on any atom is -0.463 e. The number of allylic oxidation sites excluding steroid dienone is 1. The van der Waals surface area contributed by atoms with Crippen LogP contribution in [0.5, 0.6) is 6.01 Å². The van der Waals surface area contributed by atoms with Crippen LogP contribution in [0.15, 0.2) is 47.5 Å². The Morgan fingerprint density at radius 2 is 2.03 bits per heavy atom. The van der Waals surface area contributed by atoms with E-state index in [2.05, 4.69) is 55.8 Å². The second kappa shape index (κ2) is 9.75. The molecule has 0 amide bonds. The van der Waals surface area contributed by atoms with E-state index in [0.717, 1.165) is 36.2 Å². The molecule has 0 unspecified atom stereocenters. The number of aromatic nitrogens is 6. The largest absolute Gasteiger partial charge is 0.463 e. The summed E-state index contributed by atoms with van der Waals surface area (Å²) in [4.78, 5) is 24.1. The molecule has 5 heterocycles. The van der Waals surface area contributed by atoms with E-state index in [1.807, 2.05) is 30.8 Å². The molecular formula is C25H30N8O2. The normalized spacial score (nSPS) is 16.6. The SMILES string of the molecule is CC.Nc1nc2nc3c1[nH]c(=O)n3Cc1ccc(-c3cnn(C4CNC4)c3)c(c1)C/C=C/CCO2. The Bertz CT molecular complexity index is 1430. The highest BCUT2D eigenvalue weighted by atomic mass is 16.5. The van der Waals surface area contributed by atoms with Gasteiger partial charge in [-0.25, -0.2) is 4.79 Å². The van der Waals surface area contributed by atoms with Crippen LogP contribution in [0, 0.1) is 0 Å². The van der Waals surface area contributed by atoms with Crippen LogP contribution in [0.25, 0.3) is 22.3 Å². The summed E-state index contributed by atoms with van der Waals surface area (Å²) < 4.78 is 9.30. The van der Waals surface area contributed by atoms with Crippen LogP contribution >= 0.6 is 0 Å². The first kappa shape index (κ1) is 22.9. The first-order chi connectivity index (χ1) is 17.2. The average Bonchev–Trinajstić information content (AvgIpc) is 3.42. The summed E-state index contributed by atoms with van der Waals surface area (Å²) in [5.41, 5.74) is 11.0. The Morgan fingerprint density at radius 3 is 2.83 bits per heavy atom. The minimum atomic E-state index is -0.281. The first-order valence-electron chi connectivity index (χ1n) is 12.1. The number of aromatic amines is 1. The number of imidazole rings is 1. The van der Waals surface area contributed by atoms with Gasteiger partial charge in [0, 0.05) is 24.8 Å². The van der Waals surface area contributed by atoms with Crippen molar-refractivity contribution < 1.29 is 4.74 Å². The van der Waals surface area contributed by atoms with Crippen LogP contribution < -0.4 is 21.5 Å². The lowest BCUT2D eigenvalue weighted by Crippen LogP contribution is -2.43. The highest BCUT2D eigenvalue weighted by Crippen LogP contribution is 2.28. The number of hydrogen-bond donors (Lipinski definition) is 3. The maximum Gasteiger partial charge on any atom is 0.328 e. The monoisotopic (exact) mass is 474 g/mol. The fourth-order valence-corrected chi connectivity index (χ4v) is 4.30. The highest BCUT2D eigenvalue weighted by Gasteiger charge is 2.20. The molecule has 0 saturated carbocycles. The van der Waals surface area contributed by atoms with Crippen LogP contribution in [0.4, 0.5) is 5.82 Å². The van der Waals surface area contributed by atoms with Crippen LogP contribution in [0.2, 0.25) is 0 Å². The van der Waals surface area contributed by atoms with E-state index in [1.165, 1.54) is 5.56 Å². The Balaban J connectivity index is 0.00000124. The molecule has 6 rings (SSSR count). The van der Waals surface area contributed by atoms with Crippen molar-refractivity contribution in [2.45, 2.75) is 39.3 Å². The quantitative estimate of drug-likeness (QED) is 0.381. The molecule has 2 aliphatic rings. The smallest absolute Gasteiger partial charge is 0.328 e. The fraction of sp³-hybridized carbons (Fsp3) is 0.360. The number of H-pyrrole nitrogens is 1. The summed E-state index contributed by atoms with van der Waals surface area (Å²) in [6.45, 7) is 6.68. The molecule has 3 aromatic heterocycles. The lowest BCUT2D eigenvalue weighted by Gasteiger charge is -2.27. The zero-order valence-corrected chi connectivity index (χ0v) is 20.0. The number of hydrogen-bond acceptors (Lipinski definition) is 7. The standard InChI is InChI=1S/C23H24N8O2.C2H6/c24-20-19-21-29-22(28-20)33-7-3-1-2-4-15-8-14(12-30(21)23(32)27-19)5-6-18(15)16-9-26-31(13-16)17-10-25-11-17;1-2/h1-2,5-6,8-9,13,17,25H,3-4,7,10-12H2,(H,27,32)(H2,24,28,29);1-2H3/b2-1+;. The van der Waals surface area contributed by atoms with Gasteiger partial charge in [0.25, 0.3) is 0 Å². The predicted molar refractivity (Wildman–Crippen MR) is 136 cm³/mol. The van der Waals surface area contributed by atoms with Crippen molar-refractivity contribution in [1.82, 2.24) is 34.6 Å². The second-order valence-corrected chi connectivity index (χ2v) is 8.43. The van der Waals surface area contributed by atoms with Crippen LogP contribution in [-0.4, -0.2) is 49.0 Å². The molecule has 1 fully saturated rings. The summed E-state index contributed by atoms with van der Waals surface area (Å²) in [5.74, 6) is 0.197. The summed E-state index contributed by atoms with van der Waals surface area (Å²) in [6, 6.07) is 6.90. The number of nitrogens with two attached hydrogens (primary N) is 1. The number of ether oxygens (including phenoxy) is 1. The third kappa shape index (κ3) is 4.44. The van der Waals surface area contributed by atoms with Crippen molar-refractivity contribution >= 4 is 17.0 Å². The van der Waals surface area contributed by atoms with E-state index in [1.54, 1.807) is 4.57 Å². The maximum absolute atomic E-state index is 12.7. The molecule has 0 radical (unpaired) electrons. The molecular weight excluding hydrogens is 444 g/mol. The number of benzene rings is 1. The minimum absolute atomic E-state index is 0.174. The van der Waals surface area contributed by atoms with Crippen molar-refractivity contribution in [2.24, 2.45) is 0 Å². The van der Waals surface area contributed by atoms with E-state index in [9.17, 15) is 4.79 Å². The second-order valence-electron chi connectivity index (χ2n) is 8.43. The molecule has 0 atom stereocenters. The summed E-state index contributed by atoms with van der Waals surface area (Å²) in [7, 11) is 0. The van der Waals surface area contributed by atoms with Gasteiger partial charge in [-0.1, -0.05) is 44.2 Å². The molecule has 4 aromatic rings.